The van der Waals surface area contributed by atoms with Crippen molar-refractivity contribution in [3.8, 4) is 0 Å². The van der Waals surface area contributed by atoms with Crippen LogP contribution in [0.15, 0.2) is 0 Å². The van der Waals surface area contributed by atoms with Crippen LogP contribution in [-0.4, -0.2) is 60.7 Å². The van der Waals surface area contributed by atoms with E-state index in [1.807, 2.05) is 20.8 Å². The molecule has 0 bridgehead atoms. The molecule has 0 spiro atoms. The van der Waals surface area contributed by atoms with Crippen molar-refractivity contribution < 1.29 is 23.9 Å². The van der Waals surface area contributed by atoms with E-state index < -0.39 is 5.25 Å². The molecule has 22 heavy (non-hydrogen) atoms. The third-order valence-electron chi connectivity index (χ3n) is 3.36. The van der Waals surface area contributed by atoms with E-state index in [1.54, 1.807) is 0 Å². The smallest absolute Gasteiger partial charge is 0.242 e. The monoisotopic (exact) mass is 331 g/mol. The van der Waals surface area contributed by atoms with Crippen LogP contribution in [0.2, 0.25) is 0 Å². The van der Waals surface area contributed by atoms with E-state index in [0.29, 0.717) is 26.2 Å². The molecule has 126 valence electrons. The molecule has 1 atom stereocenters. The van der Waals surface area contributed by atoms with Crippen LogP contribution in [0.3, 0.4) is 0 Å². The molecule has 1 rings (SSSR count). The number of amides is 2. The second-order valence-electron chi connectivity index (χ2n) is 6.25. The fraction of sp³-hybridized carbons (Fsp3) is 0.800. The molecular weight excluding hydrogens is 306 g/mol. The van der Waals surface area contributed by atoms with Crippen LogP contribution in [0.4, 0.5) is 0 Å². The van der Waals surface area contributed by atoms with Crippen molar-refractivity contribution in [3.63, 3.8) is 0 Å². The zero-order chi connectivity index (χ0) is 16.8. The van der Waals surface area contributed by atoms with Gasteiger partial charge in [-0.2, -0.15) is 12.6 Å². The van der Waals surface area contributed by atoms with Gasteiger partial charge in [-0.25, -0.2) is 0 Å². The van der Waals surface area contributed by atoms with Crippen molar-refractivity contribution in [1.82, 2.24) is 4.90 Å². The molecule has 1 aliphatic rings. The average molecular weight is 331 g/mol. The SMILES string of the molecule is CC(C)(C)C(=O)CCOCCOCCN1C(=O)CC(S)C1=O. The normalized spacial score (nSPS) is 19.1. The summed E-state index contributed by atoms with van der Waals surface area (Å²) in [5, 5.41) is -0.517. The van der Waals surface area contributed by atoms with Gasteiger partial charge >= 0.3 is 0 Å². The summed E-state index contributed by atoms with van der Waals surface area (Å²) in [5.74, 6) is -0.291. The van der Waals surface area contributed by atoms with E-state index >= 15 is 0 Å². The van der Waals surface area contributed by atoms with Crippen LogP contribution >= 0.6 is 12.6 Å². The fourth-order valence-electron chi connectivity index (χ4n) is 1.92. The van der Waals surface area contributed by atoms with Gasteiger partial charge in [-0.15, -0.1) is 0 Å². The lowest BCUT2D eigenvalue weighted by Crippen LogP contribution is -2.34. The molecule has 0 aromatic rings. The van der Waals surface area contributed by atoms with E-state index in [4.69, 9.17) is 9.47 Å². The van der Waals surface area contributed by atoms with Crippen molar-refractivity contribution >= 4 is 30.2 Å². The number of nitrogens with zero attached hydrogens (tertiary/aromatic N) is 1. The molecule has 0 aromatic heterocycles. The minimum Gasteiger partial charge on any atom is -0.379 e. The second kappa shape index (κ2) is 8.64. The number of rotatable bonds is 9. The Hall–Kier alpha value is -0.920. The van der Waals surface area contributed by atoms with Crippen molar-refractivity contribution in [2.45, 2.75) is 38.9 Å². The number of ether oxygens (including phenoxy) is 2. The average Bonchev–Trinajstić information content (AvgIpc) is 2.66. The van der Waals surface area contributed by atoms with Crippen molar-refractivity contribution in [2.24, 2.45) is 5.41 Å². The second-order valence-corrected chi connectivity index (χ2v) is 6.87. The lowest BCUT2D eigenvalue weighted by Gasteiger charge is -2.16. The Labute approximate surface area is 136 Å². The molecule has 0 aliphatic carbocycles. The summed E-state index contributed by atoms with van der Waals surface area (Å²) in [6, 6.07) is 0. The molecule has 0 radical (unpaired) electrons. The van der Waals surface area contributed by atoms with Crippen LogP contribution < -0.4 is 0 Å². The molecule has 1 unspecified atom stereocenters. The van der Waals surface area contributed by atoms with E-state index in [1.165, 1.54) is 4.90 Å². The molecule has 7 heteroatoms. The maximum absolute atomic E-state index is 11.6. The minimum atomic E-state index is -0.517. The number of likely N-dealkylation sites (tertiary alicyclic amines) is 1. The Kier molecular flexibility index (Phi) is 7.52. The van der Waals surface area contributed by atoms with Gasteiger partial charge in [0, 0.05) is 18.3 Å². The van der Waals surface area contributed by atoms with E-state index in [0.717, 1.165) is 0 Å². The maximum atomic E-state index is 11.6. The lowest BCUT2D eigenvalue weighted by molar-refractivity contribution is -0.139. The van der Waals surface area contributed by atoms with Gasteiger partial charge in [-0.3, -0.25) is 19.3 Å². The molecular formula is C15H25NO5S. The zero-order valence-corrected chi connectivity index (χ0v) is 14.4. The highest BCUT2D eigenvalue weighted by molar-refractivity contribution is 7.81. The molecule has 6 nitrogen and oxygen atoms in total. The summed E-state index contributed by atoms with van der Waals surface area (Å²) in [6.07, 6.45) is 0.552. The first-order valence-electron chi connectivity index (χ1n) is 7.44. The van der Waals surface area contributed by atoms with Gasteiger partial charge < -0.3 is 9.47 Å². The van der Waals surface area contributed by atoms with E-state index in [2.05, 4.69) is 12.6 Å². The van der Waals surface area contributed by atoms with Crippen molar-refractivity contribution in [3.05, 3.63) is 0 Å². The first-order chi connectivity index (χ1) is 10.2. The number of ketones is 1. The number of Topliss-reactive ketones (excluding diaryl/α,β-unsaturated/α-hetero) is 1. The topological polar surface area (TPSA) is 72.9 Å². The Bertz CT molecular complexity index is 419. The van der Waals surface area contributed by atoms with Crippen LogP contribution in [0.25, 0.3) is 0 Å². The number of thiol groups is 1. The molecule has 0 N–H and O–H groups in total. The van der Waals surface area contributed by atoms with Gasteiger partial charge in [0.05, 0.1) is 38.2 Å². The van der Waals surface area contributed by atoms with Crippen LogP contribution in [0.1, 0.15) is 33.6 Å². The Morgan fingerprint density at radius 1 is 1.18 bits per heavy atom. The van der Waals surface area contributed by atoms with Gasteiger partial charge in [-0.05, 0) is 0 Å². The third-order valence-corrected chi connectivity index (χ3v) is 3.76. The lowest BCUT2D eigenvalue weighted by atomic mass is 9.89. The third kappa shape index (κ3) is 6.06. The first kappa shape index (κ1) is 19.1. The van der Waals surface area contributed by atoms with E-state index in [9.17, 15) is 14.4 Å². The summed E-state index contributed by atoms with van der Waals surface area (Å²) < 4.78 is 10.6. The molecule has 1 saturated heterocycles. The van der Waals surface area contributed by atoms with Crippen LogP contribution in [-0.2, 0) is 23.9 Å². The van der Waals surface area contributed by atoms with Gasteiger partial charge in [0.2, 0.25) is 11.8 Å². The number of carbonyl (C=O) groups is 3. The standard InChI is InChI=1S/C15H25NO5S/c1-15(2,3)12(17)4-6-20-8-9-21-7-5-16-13(18)10-11(22)14(16)19/h11,22H,4-10H2,1-3H3. The summed E-state index contributed by atoms with van der Waals surface area (Å²) in [7, 11) is 0. The van der Waals surface area contributed by atoms with Crippen molar-refractivity contribution in [2.75, 3.05) is 33.0 Å². The number of imide groups is 1. The molecule has 1 fully saturated rings. The predicted molar refractivity (Wildman–Crippen MR) is 84.8 cm³/mol. The summed E-state index contributed by atoms with van der Waals surface area (Å²) in [5.41, 5.74) is -0.334. The largest absolute Gasteiger partial charge is 0.379 e. The number of hydrogen-bond donors (Lipinski definition) is 1. The van der Waals surface area contributed by atoms with Crippen LogP contribution in [0, 0.1) is 5.41 Å². The molecule has 0 aromatic carbocycles. The number of hydrogen-bond acceptors (Lipinski definition) is 6. The minimum absolute atomic E-state index is 0.160. The predicted octanol–water partition coefficient (Wildman–Crippen LogP) is 1.08. The quantitative estimate of drug-likeness (QED) is 0.389. The Morgan fingerprint density at radius 3 is 2.27 bits per heavy atom. The van der Waals surface area contributed by atoms with Gasteiger partial charge in [-0.1, -0.05) is 20.8 Å². The number of carbonyl (C=O) groups excluding carboxylic acids is 3. The molecule has 1 aliphatic heterocycles. The molecule has 0 saturated carbocycles. The summed E-state index contributed by atoms with van der Waals surface area (Å²) in [4.78, 5) is 35.9. The van der Waals surface area contributed by atoms with Gasteiger partial charge in [0.15, 0.2) is 0 Å². The Balaban J connectivity index is 2.02. The Morgan fingerprint density at radius 2 is 1.77 bits per heavy atom. The fourth-order valence-corrected chi connectivity index (χ4v) is 2.21. The van der Waals surface area contributed by atoms with Gasteiger partial charge in [0.1, 0.15) is 5.78 Å². The zero-order valence-electron chi connectivity index (χ0n) is 13.5. The van der Waals surface area contributed by atoms with E-state index in [-0.39, 0.29) is 42.6 Å². The van der Waals surface area contributed by atoms with Crippen LogP contribution in [0.5, 0.6) is 0 Å². The van der Waals surface area contributed by atoms with Crippen molar-refractivity contribution in [1.29, 1.82) is 0 Å². The summed E-state index contributed by atoms with van der Waals surface area (Å²) >= 11 is 4.04. The molecule has 1 heterocycles. The summed E-state index contributed by atoms with van der Waals surface area (Å²) in [6.45, 7) is 7.31. The highest BCUT2D eigenvalue weighted by Gasteiger charge is 2.35. The highest BCUT2D eigenvalue weighted by atomic mass is 32.1. The maximum Gasteiger partial charge on any atom is 0.242 e. The highest BCUT2D eigenvalue weighted by Crippen LogP contribution is 2.17. The molecule has 2 amide bonds. The first-order valence-corrected chi connectivity index (χ1v) is 7.96. The van der Waals surface area contributed by atoms with Gasteiger partial charge in [0.25, 0.3) is 0 Å².